The van der Waals surface area contributed by atoms with E-state index in [0.29, 0.717) is 6.04 Å². The Bertz CT molecular complexity index is 916. The van der Waals surface area contributed by atoms with Crippen LogP contribution in [0.2, 0.25) is 0 Å². The van der Waals surface area contributed by atoms with Crippen molar-refractivity contribution >= 4 is 5.69 Å². The smallest absolute Gasteiger partial charge is 0.135 e. The van der Waals surface area contributed by atoms with Gasteiger partial charge in [-0.3, -0.25) is 4.98 Å². The van der Waals surface area contributed by atoms with Crippen LogP contribution in [0.15, 0.2) is 73.1 Å². The van der Waals surface area contributed by atoms with Crippen molar-refractivity contribution in [1.29, 1.82) is 0 Å². The zero-order valence-electron chi connectivity index (χ0n) is 15.2. The maximum atomic E-state index is 6.14. The molecule has 1 N–H and O–H groups in total. The van der Waals surface area contributed by atoms with E-state index in [1.807, 2.05) is 60.9 Å². The lowest BCUT2D eigenvalue weighted by Gasteiger charge is -2.33. The van der Waals surface area contributed by atoms with E-state index in [1.165, 1.54) is 12.1 Å². The fourth-order valence-electron chi connectivity index (χ4n) is 4.20. The van der Waals surface area contributed by atoms with E-state index in [-0.39, 0.29) is 0 Å². The van der Waals surface area contributed by atoms with Crippen molar-refractivity contribution in [3.05, 3.63) is 73.1 Å². The summed E-state index contributed by atoms with van der Waals surface area (Å²) in [6, 6.07) is 20.9. The zero-order valence-corrected chi connectivity index (χ0v) is 15.2. The van der Waals surface area contributed by atoms with Gasteiger partial charge in [-0.25, -0.2) is 0 Å². The third-order valence-electron chi connectivity index (χ3n) is 5.49. The second-order valence-corrected chi connectivity index (χ2v) is 7.45. The van der Waals surface area contributed by atoms with Crippen LogP contribution in [0.1, 0.15) is 6.42 Å². The van der Waals surface area contributed by atoms with Gasteiger partial charge in [0.05, 0.1) is 11.9 Å². The van der Waals surface area contributed by atoms with Crippen LogP contribution in [0.4, 0.5) is 5.69 Å². The molecule has 0 saturated carbocycles. The summed E-state index contributed by atoms with van der Waals surface area (Å²) in [6.07, 6.45) is 5.21. The molecule has 3 aromatic rings. The third-order valence-corrected chi connectivity index (χ3v) is 5.49. The molecule has 2 atom stereocenters. The summed E-state index contributed by atoms with van der Waals surface area (Å²) < 4.78 is 6.14. The Kier molecular flexibility index (Phi) is 4.26. The minimum Gasteiger partial charge on any atom is -0.457 e. The minimum atomic E-state index is 0.612. The van der Waals surface area contributed by atoms with Crippen LogP contribution in [0.3, 0.4) is 0 Å². The summed E-state index contributed by atoms with van der Waals surface area (Å²) in [6.45, 7) is 3.31. The summed E-state index contributed by atoms with van der Waals surface area (Å²) in [7, 11) is 0. The van der Waals surface area contributed by atoms with Crippen LogP contribution in [-0.4, -0.2) is 30.7 Å². The predicted octanol–water partition coefficient (Wildman–Crippen LogP) is 4.34. The van der Waals surface area contributed by atoms with E-state index < -0.39 is 0 Å². The Hall–Kier alpha value is -2.85. The number of aromatic nitrogens is 1. The highest BCUT2D eigenvalue weighted by Gasteiger charge is 2.32. The molecule has 2 aromatic carbocycles. The summed E-state index contributed by atoms with van der Waals surface area (Å²) >= 11 is 0. The van der Waals surface area contributed by atoms with Crippen LogP contribution < -0.4 is 15.0 Å². The van der Waals surface area contributed by atoms with Crippen molar-refractivity contribution in [2.75, 3.05) is 24.5 Å². The number of fused-ring (bicyclic) bond motifs is 2. The number of ether oxygens (including phenoxy) is 1. The number of nitrogens with zero attached hydrogens (tertiary/aromatic N) is 2. The van der Waals surface area contributed by atoms with Crippen LogP contribution in [-0.2, 0) is 0 Å². The Morgan fingerprint density at radius 3 is 2.70 bits per heavy atom. The molecular formula is C23H23N3O. The molecular weight excluding hydrogens is 334 g/mol. The van der Waals surface area contributed by atoms with Gasteiger partial charge in [-0.05, 0) is 36.6 Å². The molecule has 27 heavy (non-hydrogen) atoms. The number of rotatable bonds is 4. The van der Waals surface area contributed by atoms with E-state index >= 15 is 0 Å². The molecule has 0 radical (unpaired) electrons. The quantitative estimate of drug-likeness (QED) is 0.754. The number of anilines is 1. The molecule has 2 aliphatic rings. The Labute approximate surface area is 159 Å². The van der Waals surface area contributed by atoms with Gasteiger partial charge in [-0.15, -0.1) is 0 Å². The first kappa shape index (κ1) is 16.3. The highest BCUT2D eigenvalue weighted by molar-refractivity contribution is 5.73. The van der Waals surface area contributed by atoms with Gasteiger partial charge in [0.1, 0.15) is 11.5 Å². The van der Waals surface area contributed by atoms with Crippen molar-refractivity contribution < 1.29 is 4.74 Å². The van der Waals surface area contributed by atoms with Crippen LogP contribution in [0.25, 0.3) is 11.1 Å². The standard InChI is InChI=1S/C23H23N3O/c1-2-6-21(7-3-1)27-23-9-5-4-8-22(23)18-11-20(14-24-13-18)26-15-17-10-19(16-26)25-12-17/h1-9,11,13-14,17,19,25H,10,12,15-16H2. The number of hydrogen-bond donors (Lipinski definition) is 1. The molecule has 1 aromatic heterocycles. The first-order chi connectivity index (χ1) is 13.3. The molecule has 0 spiro atoms. The van der Waals surface area contributed by atoms with Crippen molar-refractivity contribution in [3.63, 3.8) is 0 Å². The van der Waals surface area contributed by atoms with Crippen LogP contribution in [0.5, 0.6) is 11.5 Å². The maximum Gasteiger partial charge on any atom is 0.135 e. The Morgan fingerprint density at radius 2 is 1.81 bits per heavy atom. The molecule has 4 heteroatoms. The highest BCUT2D eigenvalue weighted by Crippen LogP contribution is 2.35. The van der Waals surface area contributed by atoms with Crippen molar-refractivity contribution in [1.82, 2.24) is 10.3 Å². The molecule has 2 unspecified atom stereocenters. The fraction of sp³-hybridized carbons (Fsp3) is 0.261. The van der Waals surface area contributed by atoms with Crippen molar-refractivity contribution in [2.45, 2.75) is 12.5 Å². The monoisotopic (exact) mass is 357 g/mol. The van der Waals surface area contributed by atoms with Crippen molar-refractivity contribution in [2.24, 2.45) is 5.92 Å². The molecule has 0 amide bonds. The number of pyridine rings is 1. The molecule has 3 heterocycles. The lowest BCUT2D eigenvalue weighted by Crippen LogP contribution is -2.41. The van der Waals surface area contributed by atoms with Gasteiger partial charge < -0.3 is 15.0 Å². The summed E-state index contributed by atoms with van der Waals surface area (Å²) in [5.74, 6) is 2.44. The first-order valence-corrected chi connectivity index (χ1v) is 9.61. The van der Waals surface area contributed by atoms with Gasteiger partial charge in [-0.2, -0.15) is 0 Å². The number of nitrogens with one attached hydrogen (secondary N) is 1. The zero-order chi connectivity index (χ0) is 18.1. The van der Waals surface area contributed by atoms with Gasteiger partial charge >= 0.3 is 0 Å². The van der Waals surface area contributed by atoms with Crippen LogP contribution in [0, 0.1) is 5.92 Å². The topological polar surface area (TPSA) is 37.4 Å². The average molecular weight is 357 g/mol. The first-order valence-electron chi connectivity index (χ1n) is 9.61. The van der Waals surface area contributed by atoms with Crippen molar-refractivity contribution in [3.8, 4) is 22.6 Å². The van der Waals surface area contributed by atoms with Gasteiger partial charge in [-0.1, -0.05) is 36.4 Å². The Balaban J connectivity index is 1.45. The lowest BCUT2D eigenvalue weighted by atomic mass is 9.99. The minimum absolute atomic E-state index is 0.612. The maximum absolute atomic E-state index is 6.14. The highest BCUT2D eigenvalue weighted by atomic mass is 16.5. The van der Waals surface area contributed by atoms with Crippen LogP contribution >= 0.6 is 0 Å². The van der Waals surface area contributed by atoms with E-state index in [4.69, 9.17) is 4.74 Å². The molecule has 2 aliphatic heterocycles. The largest absolute Gasteiger partial charge is 0.457 e. The van der Waals surface area contributed by atoms with Gasteiger partial charge in [0.25, 0.3) is 0 Å². The molecule has 136 valence electrons. The number of hydrogen-bond acceptors (Lipinski definition) is 4. The number of benzene rings is 2. The second-order valence-electron chi connectivity index (χ2n) is 7.45. The summed E-state index contributed by atoms with van der Waals surface area (Å²) in [5, 5.41) is 3.62. The molecule has 2 saturated heterocycles. The van der Waals surface area contributed by atoms with Gasteiger partial charge in [0, 0.05) is 43.0 Å². The number of para-hydroxylation sites is 2. The van der Waals surface area contributed by atoms with E-state index in [1.54, 1.807) is 0 Å². The third kappa shape index (κ3) is 3.40. The van der Waals surface area contributed by atoms with Gasteiger partial charge in [0.15, 0.2) is 0 Å². The molecule has 4 nitrogen and oxygen atoms in total. The SMILES string of the molecule is c1ccc(Oc2ccccc2-c2cncc(N3CC4CNC(C4)C3)c2)cc1. The lowest BCUT2D eigenvalue weighted by molar-refractivity contribution is 0.474. The number of piperidine rings is 1. The fourth-order valence-corrected chi connectivity index (χ4v) is 4.20. The predicted molar refractivity (Wildman–Crippen MR) is 108 cm³/mol. The molecule has 2 fully saturated rings. The molecule has 5 rings (SSSR count). The van der Waals surface area contributed by atoms with E-state index in [0.717, 1.165) is 48.2 Å². The molecule has 0 aliphatic carbocycles. The summed E-state index contributed by atoms with van der Waals surface area (Å²) in [4.78, 5) is 7.01. The Morgan fingerprint density at radius 1 is 0.963 bits per heavy atom. The van der Waals surface area contributed by atoms with E-state index in [9.17, 15) is 0 Å². The second kappa shape index (κ2) is 7.05. The average Bonchev–Trinajstić information content (AvgIpc) is 3.07. The normalized spacial score (nSPS) is 21.3. The van der Waals surface area contributed by atoms with E-state index in [2.05, 4.69) is 27.3 Å². The van der Waals surface area contributed by atoms with Gasteiger partial charge in [0.2, 0.25) is 0 Å². The summed E-state index contributed by atoms with van der Waals surface area (Å²) in [5.41, 5.74) is 3.35. The molecule has 2 bridgehead atoms.